The highest BCUT2D eigenvalue weighted by Gasteiger charge is 2.03. The molecule has 0 heterocycles. The molecule has 0 aliphatic heterocycles. The van der Waals surface area contributed by atoms with E-state index in [1.165, 1.54) is 0 Å². The first-order chi connectivity index (χ1) is 5.20. The number of carbonyl (C=O) groups is 1. The Balaban J connectivity index is 3.49. The molecule has 11 heavy (non-hydrogen) atoms. The highest BCUT2D eigenvalue weighted by Crippen LogP contribution is 1.88. The van der Waals surface area contributed by atoms with E-state index in [0.717, 1.165) is 19.5 Å². The van der Waals surface area contributed by atoms with Gasteiger partial charge in [-0.2, -0.15) is 0 Å². The third-order valence-corrected chi connectivity index (χ3v) is 1.51. The molecule has 4 N–H and O–H groups in total. The minimum atomic E-state index is -0.274. The predicted molar refractivity (Wildman–Crippen MR) is 45.0 cm³/mol. The second-order valence-electron chi connectivity index (χ2n) is 2.48. The Bertz CT molecular complexity index is 116. The van der Waals surface area contributed by atoms with E-state index >= 15 is 0 Å². The van der Waals surface area contributed by atoms with Crippen molar-refractivity contribution < 1.29 is 4.79 Å². The fourth-order valence-electron chi connectivity index (χ4n) is 0.884. The van der Waals surface area contributed by atoms with Crippen LogP contribution in [0.4, 0.5) is 0 Å². The van der Waals surface area contributed by atoms with Gasteiger partial charge in [-0.3, -0.25) is 9.69 Å². The number of carbonyl (C=O) groups excluding carboxylic acids is 1. The first-order valence-corrected chi connectivity index (χ1v) is 3.91. The van der Waals surface area contributed by atoms with Gasteiger partial charge in [0.25, 0.3) is 0 Å². The van der Waals surface area contributed by atoms with Crippen molar-refractivity contribution in [2.45, 2.75) is 13.3 Å². The third kappa shape index (κ3) is 5.82. The zero-order chi connectivity index (χ0) is 8.69. The highest BCUT2D eigenvalue weighted by molar-refractivity contribution is 5.75. The molecule has 4 heteroatoms. The smallest absolute Gasteiger partial charge is 0.231 e. The van der Waals surface area contributed by atoms with Gasteiger partial charge in [-0.15, -0.1) is 0 Å². The average Bonchev–Trinajstić information content (AvgIpc) is 1.97. The van der Waals surface area contributed by atoms with Gasteiger partial charge in [0.2, 0.25) is 5.91 Å². The van der Waals surface area contributed by atoms with Crippen LogP contribution in [-0.4, -0.2) is 37.0 Å². The van der Waals surface area contributed by atoms with Gasteiger partial charge in [0, 0.05) is 0 Å². The Morgan fingerprint density at radius 3 is 2.55 bits per heavy atom. The standard InChI is InChI=1S/C7H17N3O/c1-2-10(5-3-4-8)6-7(9)11/h2-6,8H2,1H3,(H2,9,11). The number of rotatable bonds is 6. The van der Waals surface area contributed by atoms with Gasteiger partial charge in [0.15, 0.2) is 0 Å². The van der Waals surface area contributed by atoms with E-state index < -0.39 is 0 Å². The van der Waals surface area contributed by atoms with E-state index in [2.05, 4.69) is 0 Å². The maximum atomic E-state index is 10.5. The molecule has 0 aromatic rings. The van der Waals surface area contributed by atoms with Crippen molar-refractivity contribution in [2.75, 3.05) is 26.2 Å². The Kier molecular flexibility index (Phi) is 5.78. The molecule has 0 fully saturated rings. The molecule has 0 rings (SSSR count). The van der Waals surface area contributed by atoms with Gasteiger partial charge >= 0.3 is 0 Å². The lowest BCUT2D eigenvalue weighted by molar-refractivity contribution is -0.119. The van der Waals surface area contributed by atoms with Crippen LogP contribution in [0.5, 0.6) is 0 Å². The topological polar surface area (TPSA) is 72.3 Å². The van der Waals surface area contributed by atoms with Gasteiger partial charge in [0.1, 0.15) is 0 Å². The van der Waals surface area contributed by atoms with E-state index in [0.29, 0.717) is 13.1 Å². The van der Waals surface area contributed by atoms with Crippen LogP contribution in [0.1, 0.15) is 13.3 Å². The zero-order valence-electron chi connectivity index (χ0n) is 7.05. The molecule has 0 radical (unpaired) electrons. The van der Waals surface area contributed by atoms with Crippen LogP contribution in [0.2, 0.25) is 0 Å². The van der Waals surface area contributed by atoms with Gasteiger partial charge in [-0.1, -0.05) is 6.92 Å². The number of likely N-dealkylation sites (N-methyl/N-ethyl adjacent to an activating group) is 1. The number of nitrogens with zero attached hydrogens (tertiary/aromatic N) is 1. The molecule has 0 bridgehead atoms. The molecule has 0 spiro atoms. The van der Waals surface area contributed by atoms with Gasteiger partial charge in [-0.05, 0) is 26.1 Å². The van der Waals surface area contributed by atoms with Crippen molar-refractivity contribution in [2.24, 2.45) is 11.5 Å². The zero-order valence-corrected chi connectivity index (χ0v) is 7.05. The molecule has 0 aliphatic rings. The number of hydrogen-bond donors (Lipinski definition) is 2. The Morgan fingerprint density at radius 2 is 2.18 bits per heavy atom. The monoisotopic (exact) mass is 159 g/mol. The lowest BCUT2D eigenvalue weighted by atomic mass is 10.3. The molecule has 0 unspecified atom stereocenters. The number of amides is 1. The molecule has 0 atom stereocenters. The van der Waals surface area contributed by atoms with Crippen LogP contribution in [0.3, 0.4) is 0 Å². The van der Waals surface area contributed by atoms with E-state index in [4.69, 9.17) is 11.5 Å². The summed E-state index contributed by atoms with van der Waals surface area (Å²) in [6, 6.07) is 0. The summed E-state index contributed by atoms with van der Waals surface area (Å²) >= 11 is 0. The molecule has 4 nitrogen and oxygen atoms in total. The maximum absolute atomic E-state index is 10.5. The van der Waals surface area contributed by atoms with Gasteiger partial charge in [0.05, 0.1) is 6.54 Å². The lowest BCUT2D eigenvalue weighted by Gasteiger charge is -2.17. The summed E-state index contributed by atoms with van der Waals surface area (Å²) in [5.74, 6) is -0.274. The fraction of sp³-hybridized carbons (Fsp3) is 0.857. The lowest BCUT2D eigenvalue weighted by Crippen LogP contribution is -2.34. The van der Waals surface area contributed by atoms with E-state index in [-0.39, 0.29) is 5.91 Å². The first kappa shape index (κ1) is 10.4. The van der Waals surface area contributed by atoms with Gasteiger partial charge < -0.3 is 11.5 Å². The van der Waals surface area contributed by atoms with Crippen molar-refractivity contribution in [1.29, 1.82) is 0 Å². The van der Waals surface area contributed by atoms with Gasteiger partial charge in [-0.25, -0.2) is 0 Å². The van der Waals surface area contributed by atoms with Crippen molar-refractivity contribution in [1.82, 2.24) is 4.90 Å². The van der Waals surface area contributed by atoms with Crippen LogP contribution in [-0.2, 0) is 4.79 Å². The van der Waals surface area contributed by atoms with Crippen LogP contribution in [0, 0.1) is 0 Å². The summed E-state index contributed by atoms with van der Waals surface area (Å²) < 4.78 is 0. The second kappa shape index (κ2) is 6.12. The van der Waals surface area contributed by atoms with Crippen LogP contribution >= 0.6 is 0 Å². The second-order valence-corrected chi connectivity index (χ2v) is 2.48. The maximum Gasteiger partial charge on any atom is 0.231 e. The van der Waals surface area contributed by atoms with Crippen molar-refractivity contribution in [3.63, 3.8) is 0 Å². The molecule has 0 aliphatic carbocycles. The van der Waals surface area contributed by atoms with Crippen molar-refractivity contribution >= 4 is 5.91 Å². The Labute approximate surface area is 67.5 Å². The summed E-state index contributed by atoms with van der Waals surface area (Å²) in [7, 11) is 0. The molecule has 0 saturated carbocycles. The van der Waals surface area contributed by atoms with E-state index in [1.54, 1.807) is 0 Å². The summed E-state index contributed by atoms with van der Waals surface area (Å²) in [6.07, 6.45) is 0.918. The van der Waals surface area contributed by atoms with Crippen molar-refractivity contribution in [3.05, 3.63) is 0 Å². The third-order valence-electron chi connectivity index (χ3n) is 1.51. The Morgan fingerprint density at radius 1 is 1.55 bits per heavy atom. The largest absolute Gasteiger partial charge is 0.369 e. The van der Waals surface area contributed by atoms with E-state index in [9.17, 15) is 4.79 Å². The molecule has 0 aromatic heterocycles. The normalized spacial score (nSPS) is 10.5. The van der Waals surface area contributed by atoms with Crippen LogP contribution in [0.15, 0.2) is 0 Å². The number of hydrogen-bond acceptors (Lipinski definition) is 3. The van der Waals surface area contributed by atoms with Crippen LogP contribution in [0.25, 0.3) is 0 Å². The molecule has 66 valence electrons. The minimum Gasteiger partial charge on any atom is -0.369 e. The van der Waals surface area contributed by atoms with Crippen LogP contribution < -0.4 is 11.5 Å². The first-order valence-electron chi connectivity index (χ1n) is 3.91. The number of nitrogens with two attached hydrogens (primary N) is 2. The Hall–Kier alpha value is -0.610. The number of primary amides is 1. The molecule has 0 saturated heterocycles. The quantitative estimate of drug-likeness (QED) is 0.530. The predicted octanol–water partition coefficient (Wildman–Crippen LogP) is -0.858. The fourth-order valence-corrected chi connectivity index (χ4v) is 0.884. The molecule has 0 aromatic carbocycles. The van der Waals surface area contributed by atoms with E-state index in [1.807, 2.05) is 11.8 Å². The molecular weight excluding hydrogens is 142 g/mol. The highest BCUT2D eigenvalue weighted by atomic mass is 16.1. The SMILES string of the molecule is CCN(CCCN)CC(N)=O. The summed E-state index contributed by atoms with van der Waals surface area (Å²) in [4.78, 5) is 12.5. The molecular formula is C7H17N3O. The minimum absolute atomic E-state index is 0.274. The summed E-state index contributed by atoms with van der Waals surface area (Å²) in [5, 5.41) is 0. The summed E-state index contributed by atoms with van der Waals surface area (Å²) in [6.45, 7) is 4.71. The average molecular weight is 159 g/mol. The van der Waals surface area contributed by atoms with Crippen molar-refractivity contribution in [3.8, 4) is 0 Å². The summed E-state index contributed by atoms with van der Waals surface area (Å²) in [5.41, 5.74) is 10.3. The molecule has 1 amide bonds.